The minimum atomic E-state index is -0.269. The zero-order valence-corrected chi connectivity index (χ0v) is 19.2. The van der Waals surface area contributed by atoms with Gasteiger partial charge in [-0.05, 0) is 41.6 Å². The van der Waals surface area contributed by atoms with Crippen molar-refractivity contribution in [1.82, 2.24) is 5.32 Å². The summed E-state index contributed by atoms with van der Waals surface area (Å²) in [5.41, 5.74) is 0.878. The van der Waals surface area contributed by atoms with Crippen LogP contribution in [0.4, 0.5) is 5.69 Å². The van der Waals surface area contributed by atoms with Gasteiger partial charge in [0.05, 0.1) is 23.6 Å². The molecular formula is C21H22ClN3O3S2. The number of hydrogen-bond acceptors (Lipinski definition) is 6. The Kier molecular flexibility index (Phi) is 7.58. The summed E-state index contributed by atoms with van der Waals surface area (Å²) in [5, 5.41) is 5.63. The summed E-state index contributed by atoms with van der Waals surface area (Å²) in [7, 11) is 1.53. The van der Waals surface area contributed by atoms with Crippen LogP contribution in [0.2, 0.25) is 5.02 Å². The molecule has 158 valence electrons. The van der Waals surface area contributed by atoms with Gasteiger partial charge in [0.1, 0.15) is 11.4 Å². The van der Waals surface area contributed by atoms with Crippen LogP contribution in [0.5, 0.6) is 5.75 Å². The Balaban J connectivity index is 1.86. The fraction of sp³-hybridized carbons (Fsp3) is 0.286. The minimum Gasteiger partial charge on any atom is -0.495 e. The normalized spacial score (nSPS) is 15.1. The number of aliphatic imine (C=N–C) groups is 1. The molecule has 0 saturated carbocycles. The highest BCUT2D eigenvalue weighted by atomic mass is 35.5. The molecule has 0 spiro atoms. The standard InChI is InChI=1S/C21H22ClN3O3S2/c1-13(2)11-23-19(26)12-30-21-24-17(10-15-5-4-8-29-15)20(27)25(21)14-6-7-18(28-3)16(22)9-14/h4-10,13H,11-12H2,1-3H3,(H,23,26). The van der Waals surface area contributed by atoms with Gasteiger partial charge < -0.3 is 10.1 Å². The van der Waals surface area contributed by atoms with Gasteiger partial charge in [0.2, 0.25) is 5.91 Å². The quantitative estimate of drug-likeness (QED) is 0.606. The Morgan fingerprint density at radius 3 is 2.83 bits per heavy atom. The van der Waals surface area contributed by atoms with E-state index in [9.17, 15) is 9.59 Å². The molecule has 2 heterocycles. The van der Waals surface area contributed by atoms with Gasteiger partial charge in [-0.25, -0.2) is 4.99 Å². The molecule has 3 rings (SSSR count). The molecule has 0 aliphatic carbocycles. The number of ether oxygens (including phenoxy) is 1. The number of halogens is 1. The second-order valence-electron chi connectivity index (χ2n) is 6.89. The average molecular weight is 464 g/mol. The monoisotopic (exact) mass is 463 g/mol. The lowest BCUT2D eigenvalue weighted by Crippen LogP contribution is -2.33. The van der Waals surface area contributed by atoms with Crippen molar-refractivity contribution in [2.75, 3.05) is 24.3 Å². The number of hydrogen-bond donors (Lipinski definition) is 1. The summed E-state index contributed by atoms with van der Waals surface area (Å²) >= 11 is 9.00. The van der Waals surface area contributed by atoms with E-state index in [2.05, 4.69) is 10.3 Å². The Hall–Kier alpha value is -2.29. The molecular weight excluding hydrogens is 442 g/mol. The first kappa shape index (κ1) is 22.4. The third-order valence-corrected chi connectivity index (χ3v) is 6.14. The molecule has 1 N–H and O–H groups in total. The lowest BCUT2D eigenvalue weighted by Gasteiger charge is -2.18. The van der Waals surface area contributed by atoms with E-state index in [4.69, 9.17) is 16.3 Å². The van der Waals surface area contributed by atoms with Crippen LogP contribution in [-0.4, -0.2) is 36.4 Å². The van der Waals surface area contributed by atoms with Crippen molar-refractivity contribution in [3.8, 4) is 5.75 Å². The molecule has 0 radical (unpaired) electrons. The van der Waals surface area contributed by atoms with Crippen molar-refractivity contribution in [2.24, 2.45) is 10.9 Å². The molecule has 2 aromatic rings. The Morgan fingerprint density at radius 2 is 2.20 bits per heavy atom. The van der Waals surface area contributed by atoms with Crippen LogP contribution in [0.25, 0.3) is 6.08 Å². The average Bonchev–Trinajstić information content (AvgIpc) is 3.33. The summed E-state index contributed by atoms with van der Waals surface area (Å²) in [6.45, 7) is 4.67. The smallest absolute Gasteiger partial charge is 0.283 e. The van der Waals surface area contributed by atoms with Gasteiger partial charge in [0, 0.05) is 11.4 Å². The molecule has 1 aromatic heterocycles. The summed E-state index contributed by atoms with van der Waals surface area (Å²) in [4.78, 5) is 32.2. The highest BCUT2D eigenvalue weighted by Crippen LogP contribution is 2.34. The van der Waals surface area contributed by atoms with Gasteiger partial charge in [-0.15, -0.1) is 11.3 Å². The zero-order valence-electron chi connectivity index (χ0n) is 16.8. The number of benzene rings is 1. The zero-order chi connectivity index (χ0) is 21.7. The number of carbonyl (C=O) groups excluding carboxylic acids is 2. The third kappa shape index (κ3) is 5.44. The summed E-state index contributed by atoms with van der Waals surface area (Å²) < 4.78 is 5.20. The van der Waals surface area contributed by atoms with Crippen molar-refractivity contribution in [1.29, 1.82) is 0 Å². The number of thiophene rings is 1. The van der Waals surface area contributed by atoms with E-state index in [1.165, 1.54) is 35.1 Å². The maximum Gasteiger partial charge on any atom is 0.283 e. The highest BCUT2D eigenvalue weighted by Gasteiger charge is 2.32. The molecule has 0 unspecified atom stereocenters. The van der Waals surface area contributed by atoms with Crippen molar-refractivity contribution >= 4 is 63.4 Å². The first-order valence-electron chi connectivity index (χ1n) is 9.30. The summed E-state index contributed by atoms with van der Waals surface area (Å²) in [5.74, 6) is 0.663. The first-order chi connectivity index (χ1) is 14.4. The Labute approximate surface area is 189 Å². The number of nitrogens with one attached hydrogen (secondary N) is 1. The summed E-state index contributed by atoms with van der Waals surface area (Å²) in [6.07, 6.45) is 1.75. The van der Waals surface area contributed by atoms with Crippen LogP contribution >= 0.6 is 34.7 Å². The van der Waals surface area contributed by atoms with E-state index in [1.807, 2.05) is 31.4 Å². The SMILES string of the molecule is COc1ccc(N2C(=O)C(=Cc3cccs3)N=C2SCC(=O)NCC(C)C)cc1Cl. The van der Waals surface area contributed by atoms with Gasteiger partial charge in [0.25, 0.3) is 5.91 Å². The van der Waals surface area contributed by atoms with Gasteiger partial charge in [-0.3, -0.25) is 14.5 Å². The molecule has 0 fully saturated rings. The Bertz CT molecular complexity index is 987. The lowest BCUT2D eigenvalue weighted by atomic mass is 10.2. The Morgan fingerprint density at radius 1 is 1.40 bits per heavy atom. The highest BCUT2D eigenvalue weighted by molar-refractivity contribution is 8.14. The number of nitrogens with zero attached hydrogens (tertiary/aromatic N) is 2. The van der Waals surface area contributed by atoms with Gasteiger partial charge in [-0.1, -0.05) is 43.3 Å². The van der Waals surface area contributed by atoms with E-state index in [0.29, 0.717) is 39.8 Å². The number of amidine groups is 1. The van der Waals surface area contributed by atoms with Crippen LogP contribution in [0.3, 0.4) is 0 Å². The minimum absolute atomic E-state index is 0.104. The lowest BCUT2D eigenvalue weighted by molar-refractivity contribution is -0.118. The van der Waals surface area contributed by atoms with E-state index in [0.717, 1.165) is 4.88 Å². The van der Waals surface area contributed by atoms with Gasteiger partial charge in [0.15, 0.2) is 5.17 Å². The van der Waals surface area contributed by atoms with Crippen LogP contribution in [0, 0.1) is 5.92 Å². The van der Waals surface area contributed by atoms with Crippen molar-refractivity contribution < 1.29 is 14.3 Å². The molecule has 0 saturated heterocycles. The number of carbonyl (C=O) groups is 2. The molecule has 2 amide bonds. The molecule has 6 nitrogen and oxygen atoms in total. The fourth-order valence-corrected chi connectivity index (χ4v) is 4.37. The van der Waals surface area contributed by atoms with Crippen molar-refractivity contribution in [2.45, 2.75) is 13.8 Å². The van der Waals surface area contributed by atoms with Crippen LogP contribution in [0.15, 0.2) is 46.4 Å². The number of methoxy groups -OCH3 is 1. The van der Waals surface area contributed by atoms with Crippen LogP contribution in [0.1, 0.15) is 18.7 Å². The van der Waals surface area contributed by atoms with Crippen molar-refractivity contribution in [3.05, 3.63) is 51.3 Å². The van der Waals surface area contributed by atoms with E-state index in [-0.39, 0.29) is 17.6 Å². The molecule has 1 aromatic carbocycles. The largest absolute Gasteiger partial charge is 0.495 e. The van der Waals surface area contributed by atoms with E-state index in [1.54, 1.807) is 24.3 Å². The maximum absolute atomic E-state index is 13.1. The van der Waals surface area contributed by atoms with E-state index >= 15 is 0 Å². The van der Waals surface area contributed by atoms with E-state index < -0.39 is 0 Å². The number of anilines is 1. The molecule has 0 atom stereocenters. The second kappa shape index (κ2) is 10.1. The third-order valence-electron chi connectivity index (χ3n) is 4.09. The number of rotatable bonds is 7. The van der Waals surface area contributed by atoms with Crippen LogP contribution in [-0.2, 0) is 9.59 Å². The predicted octanol–water partition coefficient (Wildman–Crippen LogP) is 4.66. The molecule has 1 aliphatic rings. The molecule has 9 heteroatoms. The first-order valence-corrected chi connectivity index (χ1v) is 11.5. The molecule has 30 heavy (non-hydrogen) atoms. The van der Waals surface area contributed by atoms with Crippen molar-refractivity contribution in [3.63, 3.8) is 0 Å². The number of amides is 2. The predicted molar refractivity (Wildman–Crippen MR) is 126 cm³/mol. The molecule has 1 aliphatic heterocycles. The maximum atomic E-state index is 13.1. The molecule has 0 bridgehead atoms. The van der Waals surface area contributed by atoms with Crippen LogP contribution < -0.4 is 15.0 Å². The topological polar surface area (TPSA) is 71.0 Å². The van der Waals surface area contributed by atoms with Gasteiger partial charge >= 0.3 is 0 Å². The second-order valence-corrected chi connectivity index (χ2v) is 9.21. The number of thioether (sulfide) groups is 1. The fourth-order valence-electron chi connectivity index (χ4n) is 2.62. The van der Waals surface area contributed by atoms with Gasteiger partial charge in [-0.2, -0.15) is 0 Å². The summed E-state index contributed by atoms with van der Waals surface area (Å²) in [6, 6.07) is 8.92.